The highest BCUT2D eigenvalue weighted by Crippen LogP contribution is 2.21. The Morgan fingerprint density at radius 1 is 1.13 bits per heavy atom. The minimum atomic E-state index is -0.397. The molecule has 1 aliphatic heterocycles. The van der Waals surface area contributed by atoms with Crippen LogP contribution in [0.3, 0.4) is 0 Å². The van der Waals surface area contributed by atoms with Gasteiger partial charge < -0.3 is 0 Å². The highest BCUT2D eigenvalue weighted by molar-refractivity contribution is 6.28. The van der Waals surface area contributed by atoms with Gasteiger partial charge in [-0.05, 0) is 30.7 Å². The van der Waals surface area contributed by atoms with Gasteiger partial charge in [-0.15, -0.1) is 0 Å². The summed E-state index contributed by atoms with van der Waals surface area (Å²) in [6.07, 6.45) is 2.39. The number of aryl methyl sites for hydroxylation is 1. The largest absolute Gasteiger partial charge is 0.269 e. The number of carbonyl (C=O) groups excluding carboxylic acids is 2. The molecule has 1 heterocycles. The van der Waals surface area contributed by atoms with Crippen LogP contribution in [0.15, 0.2) is 30.4 Å². The molecule has 0 aliphatic carbocycles. The van der Waals surface area contributed by atoms with Crippen molar-refractivity contribution >= 4 is 17.5 Å². The van der Waals surface area contributed by atoms with E-state index in [1.165, 1.54) is 30.4 Å². The summed E-state index contributed by atoms with van der Waals surface area (Å²) in [6.45, 7) is 1.58. The molecule has 0 radical (unpaired) electrons. The Hall–Kier alpha value is -1.97. The maximum Gasteiger partial charge on any atom is 0.258 e. The van der Waals surface area contributed by atoms with E-state index in [1.54, 1.807) is 6.92 Å². The van der Waals surface area contributed by atoms with Gasteiger partial charge >= 0.3 is 0 Å². The Labute approximate surface area is 85.8 Å². The average Bonchev–Trinajstić information content (AvgIpc) is 2.52. The number of nitrogens with zero attached hydrogens (tertiary/aromatic N) is 1. The van der Waals surface area contributed by atoms with Crippen LogP contribution in [0, 0.1) is 12.7 Å². The van der Waals surface area contributed by atoms with Crippen molar-refractivity contribution in [1.82, 2.24) is 0 Å². The molecule has 0 unspecified atom stereocenters. The molecule has 76 valence electrons. The number of amides is 2. The molecule has 0 bridgehead atoms. The predicted molar refractivity (Wildman–Crippen MR) is 52.8 cm³/mol. The van der Waals surface area contributed by atoms with Crippen LogP contribution in [0.5, 0.6) is 0 Å². The van der Waals surface area contributed by atoms with Crippen LogP contribution in [-0.4, -0.2) is 11.8 Å². The van der Waals surface area contributed by atoms with Gasteiger partial charge in [0.1, 0.15) is 5.82 Å². The third-order valence-corrected chi connectivity index (χ3v) is 2.21. The van der Waals surface area contributed by atoms with Crippen molar-refractivity contribution < 1.29 is 14.0 Å². The van der Waals surface area contributed by atoms with E-state index in [9.17, 15) is 14.0 Å². The number of halogens is 1. The summed E-state index contributed by atoms with van der Waals surface area (Å²) >= 11 is 0. The average molecular weight is 205 g/mol. The first-order valence-electron chi connectivity index (χ1n) is 4.42. The normalized spacial score (nSPS) is 15.2. The van der Waals surface area contributed by atoms with Gasteiger partial charge in [-0.1, -0.05) is 0 Å². The van der Waals surface area contributed by atoms with Gasteiger partial charge in [0, 0.05) is 12.2 Å². The number of carbonyl (C=O) groups is 2. The van der Waals surface area contributed by atoms with Gasteiger partial charge in [0.25, 0.3) is 11.8 Å². The molecule has 0 spiro atoms. The molecule has 3 nitrogen and oxygen atoms in total. The number of hydrogen-bond acceptors (Lipinski definition) is 2. The summed E-state index contributed by atoms with van der Waals surface area (Å²) < 4.78 is 13.0. The second kappa shape index (κ2) is 3.31. The molecular weight excluding hydrogens is 197 g/mol. The molecular formula is C11H8FNO2. The zero-order valence-electron chi connectivity index (χ0n) is 8.03. The van der Waals surface area contributed by atoms with Gasteiger partial charge in [-0.25, -0.2) is 9.29 Å². The topological polar surface area (TPSA) is 37.4 Å². The molecule has 0 fully saturated rings. The van der Waals surface area contributed by atoms with E-state index in [4.69, 9.17) is 0 Å². The van der Waals surface area contributed by atoms with E-state index in [2.05, 4.69) is 0 Å². The van der Waals surface area contributed by atoms with Crippen LogP contribution < -0.4 is 4.90 Å². The Morgan fingerprint density at radius 3 is 2.27 bits per heavy atom. The standard InChI is InChI=1S/C11H8FNO2/c1-7-6-8(2-3-9(7)12)13-10(14)4-5-11(13)15/h2-6H,1H3. The Morgan fingerprint density at radius 2 is 1.73 bits per heavy atom. The number of imide groups is 1. The summed E-state index contributed by atoms with van der Waals surface area (Å²) in [5.41, 5.74) is 0.800. The zero-order chi connectivity index (χ0) is 11.0. The van der Waals surface area contributed by atoms with Crippen molar-refractivity contribution in [2.45, 2.75) is 6.92 Å². The Bertz CT molecular complexity index is 461. The molecule has 0 atom stereocenters. The fourth-order valence-electron chi connectivity index (χ4n) is 1.42. The maximum atomic E-state index is 13.0. The Balaban J connectivity index is 2.42. The number of anilines is 1. The second-order valence-corrected chi connectivity index (χ2v) is 3.28. The van der Waals surface area contributed by atoms with Gasteiger partial charge in [-0.2, -0.15) is 0 Å². The molecule has 1 aromatic carbocycles. The van der Waals surface area contributed by atoms with E-state index < -0.39 is 11.8 Å². The molecule has 0 N–H and O–H groups in total. The molecule has 1 aliphatic rings. The lowest BCUT2D eigenvalue weighted by Crippen LogP contribution is -2.29. The third kappa shape index (κ3) is 1.54. The molecule has 15 heavy (non-hydrogen) atoms. The van der Waals surface area contributed by atoms with Crippen LogP contribution >= 0.6 is 0 Å². The highest BCUT2D eigenvalue weighted by atomic mass is 19.1. The summed E-state index contributed by atoms with van der Waals surface area (Å²) in [4.78, 5) is 23.6. The third-order valence-electron chi connectivity index (χ3n) is 2.21. The quantitative estimate of drug-likeness (QED) is 0.652. The first kappa shape index (κ1) is 9.58. The number of rotatable bonds is 1. The number of benzene rings is 1. The van der Waals surface area contributed by atoms with E-state index in [1.807, 2.05) is 0 Å². The molecule has 1 aromatic rings. The van der Waals surface area contributed by atoms with Crippen LogP contribution in [0.2, 0.25) is 0 Å². The van der Waals surface area contributed by atoms with Crippen molar-refractivity contribution in [2.24, 2.45) is 0 Å². The smallest absolute Gasteiger partial charge is 0.258 e. The maximum absolute atomic E-state index is 13.0. The summed E-state index contributed by atoms with van der Waals surface area (Å²) in [5, 5.41) is 0. The van der Waals surface area contributed by atoms with E-state index in [0.29, 0.717) is 11.3 Å². The van der Waals surface area contributed by atoms with Gasteiger partial charge in [0.05, 0.1) is 5.69 Å². The minimum Gasteiger partial charge on any atom is -0.269 e. The van der Waals surface area contributed by atoms with E-state index in [-0.39, 0.29) is 5.82 Å². The lowest BCUT2D eigenvalue weighted by molar-refractivity contribution is -0.119. The minimum absolute atomic E-state index is 0.356. The monoisotopic (exact) mass is 205 g/mol. The van der Waals surface area contributed by atoms with Crippen molar-refractivity contribution in [2.75, 3.05) is 4.90 Å². The molecule has 2 amide bonds. The van der Waals surface area contributed by atoms with Crippen LogP contribution in [-0.2, 0) is 9.59 Å². The van der Waals surface area contributed by atoms with Gasteiger partial charge in [0.2, 0.25) is 0 Å². The first-order valence-corrected chi connectivity index (χ1v) is 4.42. The second-order valence-electron chi connectivity index (χ2n) is 3.28. The molecule has 0 aromatic heterocycles. The summed E-state index contributed by atoms with van der Waals surface area (Å²) in [6, 6.07) is 4.12. The molecule has 4 heteroatoms. The van der Waals surface area contributed by atoms with Gasteiger partial charge in [-0.3, -0.25) is 9.59 Å². The van der Waals surface area contributed by atoms with Crippen molar-refractivity contribution in [3.05, 3.63) is 41.7 Å². The van der Waals surface area contributed by atoms with Crippen LogP contribution in [0.4, 0.5) is 10.1 Å². The van der Waals surface area contributed by atoms with Gasteiger partial charge in [0.15, 0.2) is 0 Å². The molecule has 0 saturated carbocycles. The lowest BCUT2D eigenvalue weighted by atomic mass is 10.2. The summed E-state index contributed by atoms with van der Waals surface area (Å²) in [5.74, 6) is -1.15. The van der Waals surface area contributed by atoms with Crippen molar-refractivity contribution in [1.29, 1.82) is 0 Å². The Kier molecular flexibility index (Phi) is 2.11. The number of hydrogen-bond donors (Lipinski definition) is 0. The van der Waals surface area contributed by atoms with E-state index in [0.717, 1.165) is 4.90 Å². The zero-order valence-corrected chi connectivity index (χ0v) is 8.03. The van der Waals surface area contributed by atoms with Crippen LogP contribution in [0.1, 0.15) is 5.56 Å². The molecule has 2 rings (SSSR count). The van der Waals surface area contributed by atoms with E-state index >= 15 is 0 Å². The lowest BCUT2D eigenvalue weighted by Gasteiger charge is -2.14. The summed E-state index contributed by atoms with van der Waals surface area (Å²) in [7, 11) is 0. The molecule has 0 saturated heterocycles. The van der Waals surface area contributed by atoms with Crippen molar-refractivity contribution in [3.63, 3.8) is 0 Å². The van der Waals surface area contributed by atoms with Crippen LogP contribution in [0.25, 0.3) is 0 Å². The fourth-order valence-corrected chi connectivity index (χ4v) is 1.42. The predicted octanol–water partition coefficient (Wildman–Crippen LogP) is 1.56. The highest BCUT2D eigenvalue weighted by Gasteiger charge is 2.25. The fraction of sp³-hybridized carbons (Fsp3) is 0.0909. The first-order chi connectivity index (χ1) is 7.09. The van der Waals surface area contributed by atoms with Crippen molar-refractivity contribution in [3.8, 4) is 0 Å². The SMILES string of the molecule is Cc1cc(N2C(=O)C=CC2=O)ccc1F.